The van der Waals surface area contributed by atoms with E-state index in [1.165, 1.54) is 5.56 Å². The van der Waals surface area contributed by atoms with Crippen molar-refractivity contribution in [3.05, 3.63) is 36.2 Å². The van der Waals surface area contributed by atoms with Crippen LogP contribution < -0.4 is 5.32 Å². The van der Waals surface area contributed by atoms with E-state index in [1.54, 1.807) is 10.8 Å². The summed E-state index contributed by atoms with van der Waals surface area (Å²) in [7, 11) is 0. The standard InChI is InChI=1S/C11H14N4/c1-8(2)6-12-10-4-9(3)5-11-13-7-14-15(10)11/h4-5,7,12H,1,6H2,2-3H3. The highest BCUT2D eigenvalue weighted by atomic mass is 15.3. The molecule has 78 valence electrons. The van der Waals surface area contributed by atoms with Crippen molar-refractivity contribution >= 4 is 11.5 Å². The fraction of sp³-hybridized carbons (Fsp3) is 0.273. The number of rotatable bonds is 3. The molecular formula is C11H14N4. The zero-order valence-electron chi connectivity index (χ0n) is 8.99. The molecule has 4 heteroatoms. The number of aromatic nitrogens is 3. The van der Waals surface area contributed by atoms with Gasteiger partial charge in [-0.2, -0.15) is 9.61 Å². The normalized spacial score (nSPS) is 10.5. The Bertz CT molecular complexity index is 498. The molecule has 0 unspecified atom stereocenters. The maximum Gasteiger partial charge on any atom is 0.157 e. The maximum atomic E-state index is 4.16. The van der Waals surface area contributed by atoms with Crippen molar-refractivity contribution < 1.29 is 0 Å². The van der Waals surface area contributed by atoms with Gasteiger partial charge in [-0.05, 0) is 31.5 Å². The largest absolute Gasteiger partial charge is 0.366 e. The Morgan fingerprint density at radius 2 is 2.33 bits per heavy atom. The van der Waals surface area contributed by atoms with Gasteiger partial charge in [-0.15, -0.1) is 0 Å². The van der Waals surface area contributed by atoms with Crippen molar-refractivity contribution in [1.29, 1.82) is 0 Å². The van der Waals surface area contributed by atoms with Gasteiger partial charge in [0.25, 0.3) is 0 Å². The zero-order chi connectivity index (χ0) is 10.8. The van der Waals surface area contributed by atoms with E-state index in [9.17, 15) is 0 Å². The Hall–Kier alpha value is -1.84. The summed E-state index contributed by atoms with van der Waals surface area (Å²) in [5, 5.41) is 7.43. The van der Waals surface area contributed by atoms with E-state index in [0.717, 1.165) is 23.6 Å². The van der Waals surface area contributed by atoms with Gasteiger partial charge in [0.2, 0.25) is 0 Å². The Kier molecular flexibility index (Phi) is 2.41. The van der Waals surface area contributed by atoms with Gasteiger partial charge < -0.3 is 5.32 Å². The van der Waals surface area contributed by atoms with Crippen LogP contribution in [0, 0.1) is 6.92 Å². The van der Waals surface area contributed by atoms with Gasteiger partial charge in [0.1, 0.15) is 12.1 Å². The molecular weight excluding hydrogens is 188 g/mol. The maximum absolute atomic E-state index is 4.16. The lowest BCUT2D eigenvalue weighted by atomic mass is 10.3. The molecule has 0 aliphatic heterocycles. The van der Waals surface area contributed by atoms with Gasteiger partial charge in [0.15, 0.2) is 5.65 Å². The van der Waals surface area contributed by atoms with Gasteiger partial charge in [0.05, 0.1) is 0 Å². The second-order valence-electron chi connectivity index (χ2n) is 3.76. The van der Waals surface area contributed by atoms with E-state index in [2.05, 4.69) is 22.0 Å². The predicted molar refractivity (Wildman–Crippen MR) is 61.0 cm³/mol. The lowest BCUT2D eigenvalue weighted by Gasteiger charge is -2.08. The number of pyridine rings is 1. The molecule has 0 aromatic carbocycles. The van der Waals surface area contributed by atoms with Crippen LogP contribution in [0.25, 0.3) is 5.65 Å². The molecule has 2 aromatic rings. The summed E-state index contributed by atoms with van der Waals surface area (Å²) < 4.78 is 1.79. The Morgan fingerprint density at radius 1 is 1.53 bits per heavy atom. The molecule has 0 saturated heterocycles. The van der Waals surface area contributed by atoms with Crippen LogP contribution in [0.5, 0.6) is 0 Å². The summed E-state index contributed by atoms with van der Waals surface area (Å²) in [5.74, 6) is 0.950. The molecule has 1 N–H and O–H groups in total. The molecule has 0 atom stereocenters. The number of nitrogens with one attached hydrogen (secondary N) is 1. The smallest absolute Gasteiger partial charge is 0.157 e. The summed E-state index contributed by atoms with van der Waals surface area (Å²) in [5.41, 5.74) is 3.11. The van der Waals surface area contributed by atoms with E-state index in [-0.39, 0.29) is 0 Å². The highest BCUT2D eigenvalue weighted by Gasteiger charge is 2.02. The zero-order valence-corrected chi connectivity index (χ0v) is 8.99. The fourth-order valence-corrected chi connectivity index (χ4v) is 1.42. The molecule has 0 aliphatic carbocycles. The summed E-state index contributed by atoms with van der Waals surface area (Å²) in [6, 6.07) is 4.05. The van der Waals surface area contributed by atoms with Crippen LogP contribution in [0.2, 0.25) is 0 Å². The molecule has 0 spiro atoms. The van der Waals surface area contributed by atoms with Crippen LogP contribution in [0.15, 0.2) is 30.6 Å². The molecule has 15 heavy (non-hydrogen) atoms. The van der Waals surface area contributed by atoms with E-state index < -0.39 is 0 Å². The number of anilines is 1. The average Bonchev–Trinajstić information content (AvgIpc) is 2.61. The molecule has 0 bridgehead atoms. The van der Waals surface area contributed by atoms with Crippen molar-refractivity contribution in [2.24, 2.45) is 0 Å². The molecule has 2 aromatic heterocycles. The van der Waals surface area contributed by atoms with Crippen molar-refractivity contribution in [2.45, 2.75) is 13.8 Å². The molecule has 2 heterocycles. The molecule has 0 amide bonds. The summed E-state index contributed by atoms with van der Waals surface area (Å²) in [6.45, 7) is 8.63. The number of hydrogen-bond acceptors (Lipinski definition) is 3. The fourth-order valence-electron chi connectivity index (χ4n) is 1.42. The SMILES string of the molecule is C=C(C)CNc1cc(C)cc2ncnn12. The van der Waals surface area contributed by atoms with Crippen LogP contribution in [-0.4, -0.2) is 21.1 Å². The minimum Gasteiger partial charge on any atom is -0.366 e. The molecule has 4 nitrogen and oxygen atoms in total. The minimum absolute atomic E-state index is 0.748. The predicted octanol–water partition coefficient (Wildman–Crippen LogP) is 2.03. The van der Waals surface area contributed by atoms with E-state index in [0.29, 0.717) is 0 Å². The van der Waals surface area contributed by atoms with E-state index >= 15 is 0 Å². The summed E-state index contributed by atoms with van der Waals surface area (Å²) in [4.78, 5) is 4.16. The highest BCUT2D eigenvalue weighted by Crippen LogP contribution is 2.13. The summed E-state index contributed by atoms with van der Waals surface area (Å²) in [6.07, 6.45) is 1.56. The lowest BCUT2D eigenvalue weighted by Crippen LogP contribution is -2.07. The van der Waals surface area contributed by atoms with Gasteiger partial charge >= 0.3 is 0 Å². The van der Waals surface area contributed by atoms with Crippen LogP contribution >= 0.6 is 0 Å². The van der Waals surface area contributed by atoms with Crippen molar-refractivity contribution in [1.82, 2.24) is 14.6 Å². The molecule has 2 rings (SSSR count). The Morgan fingerprint density at radius 3 is 3.07 bits per heavy atom. The molecule has 0 fully saturated rings. The topological polar surface area (TPSA) is 42.2 Å². The first kappa shape index (κ1) is 9.71. The second kappa shape index (κ2) is 3.73. The first-order chi connectivity index (χ1) is 7.16. The van der Waals surface area contributed by atoms with E-state index in [4.69, 9.17) is 0 Å². The van der Waals surface area contributed by atoms with Crippen molar-refractivity contribution in [2.75, 3.05) is 11.9 Å². The Balaban J connectivity index is 2.39. The van der Waals surface area contributed by atoms with Crippen molar-refractivity contribution in [3.8, 4) is 0 Å². The quantitative estimate of drug-likeness (QED) is 0.774. The third kappa shape index (κ3) is 1.98. The monoisotopic (exact) mass is 202 g/mol. The lowest BCUT2D eigenvalue weighted by molar-refractivity contribution is 0.950. The molecule has 0 radical (unpaired) electrons. The van der Waals surface area contributed by atoms with Crippen molar-refractivity contribution in [3.63, 3.8) is 0 Å². The molecule has 0 aliphatic rings. The van der Waals surface area contributed by atoms with Crippen LogP contribution in [-0.2, 0) is 0 Å². The highest BCUT2D eigenvalue weighted by molar-refractivity contribution is 5.51. The van der Waals surface area contributed by atoms with Gasteiger partial charge in [-0.3, -0.25) is 0 Å². The average molecular weight is 202 g/mol. The number of nitrogens with zero attached hydrogens (tertiary/aromatic N) is 3. The molecule has 0 saturated carbocycles. The number of aryl methyl sites for hydroxylation is 1. The first-order valence-corrected chi connectivity index (χ1v) is 4.85. The second-order valence-corrected chi connectivity index (χ2v) is 3.76. The van der Waals surface area contributed by atoms with Gasteiger partial charge in [0, 0.05) is 6.54 Å². The van der Waals surface area contributed by atoms with Crippen LogP contribution in [0.3, 0.4) is 0 Å². The van der Waals surface area contributed by atoms with Crippen LogP contribution in [0.1, 0.15) is 12.5 Å². The van der Waals surface area contributed by atoms with Gasteiger partial charge in [-0.25, -0.2) is 4.98 Å². The van der Waals surface area contributed by atoms with Gasteiger partial charge in [-0.1, -0.05) is 12.2 Å². The third-order valence-electron chi connectivity index (χ3n) is 2.09. The Labute approximate surface area is 88.6 Å². The number of fused-ring (bicyclic) bond motifs is 1. The first-order valence-electron chi connectivity index (χ1n) is 4.85. The summed E-state index contributed by atoms with van der Waals surface area (Å²) >= 11 is 0. The third-order valence-corrected chi connectivity index (χ3v) is 2.09. The number of hydrogen-bond donors (Lipinski definition) is 1. The minimum atomic E-state index is 0.748. The van der Waals surface area contributed by atoms with Crippen LogP contribution in [0.4, 0.5) is 5.82 Å². The van der Waals surface area contributed by atoms with E-state index in [1.807, 2.05) is 26.0 Å².